The molecule has 0 spiro atoms. The van der Waals surface area contributed by atoms with E-state index in [0.29, 0.717) is 23.8 Å². The highest BCUT2D eigenvalue weighted by Crippen LogP contribution is 2.30. The number of nitrogen functional groups attached to an aromatic ring is 1. The Labute approximate surface area is 173 Å². The maximum Gasteiger partial charge on any atom is 0.239 e. The van der Waals surface area contributed by atoms with E-state index in [-0.39, 0.29) is 11.2 Å². The largest absolute Gasteiger partial charge is 0.494 e. The van der Waals surface area contributed by atoms with E-state index < -0.39 is 0 Å². The van der Waals surface area contributed by atoms with Crippen molar-refractivity contribution in [1.82, 2.24) is 4.98 Å². The number of anilines is 2. The molecule has 28 heavy (non-hydrogen) atoms. The number of carbonyl (C=O) groups excluding carboxylic acids is 1. The Bertz CT molecular complexity index is 925. The molecule has 3 N–H and O–H groups in total. The molecule has 0 saturated heterocycles. The predicted octanol–water partition coefficient (Wildman–Crippen LogP) is 5.30. The number of ether oxygens (including phenoxy) is 1. The number of thiazole rings is 1. The normalized spacial score (nSPS) is 11.8. The SMILES string of the molecule is CCOc1ccc(-c2csc(NC(=O)C(CC)Sc3cccc(N)c3)n2)cc1. The molecular weight excluding hydrogens is 390 g/mol. The van der Waals surface area contributed by atoms with E-state index in [2.05, 4.69) is 10.3 Å². The van der Waals surface area contributed by atoms with Crippen LogP contribution in [0.3, 0.4) is 0 Å². The zero-order chi connectivity index (χ0) is 19.9. The minimum atomic E-state index is -0.209. The third-order valence-corrected chi connectivity index (χ3v) is 6.11. The molecule has 0 aliphatic carbocycles. The Hall–Kier alpha value is -2.51. The second kappa shape index (κ2) is 9.61. The van der Waals surface area contributed by atoms with Crippen LogP contribution in [0.5, 0.6) is 5.75 Å². The third kappa shape index (κ3) is 5.27. The zero-order valence-electron chi connectivity index (χ0n) is 15.8. The van der Waals surface area contributed by atoms with Gasteiger partial charge in [0, 0.05) is 21.5 Å². The molecule has 0 saturated carbocycles. The standard InChI is InChI=1S/C21H23N3O2S2/c1-3-19(28-17-7-5-6-15(22)12-17)20(25)24-21-23-18(13-27-21)14-8-10-16(11-9-14)26-4-2/h5-13,19H,3-4,22H2,1-2H3,(H,23,24,25). The van der Waals surface area contributed by atoms with Crippen molar-refractivity contribution in [2.45, 2.75) is 30.4 Å². The first-order chi connectivity index (χ1) is 13.6. The van der Waals surface area contributed by atoms with Gasteiger partial charge >= 0.3 is 0 Å². The summed E-state index contributed by atoms with van der Waals surface area (Å²) in [5.74, 6) is 0.780. The van der Waals surface area contributed by atoms with Crippen LogP contribution >= 0.6 is 23.1 Å². The Morgan fingerprint density at radius 1 is 1.25 bits per heavy atom. The van der Waals surface area contributed by atoms with Gasteiger partial charge in [-0.3, -0.25) is 4.79 Å². The van der Waals surface area contributed by atoms with Gasteiger partial charge in [0.15, 0.2) is 5.13 Å². The zero-order valence-corrected chi connectivity index (χ0v) is 17.5. The van der Waals surface area contributed by atoms with Crippen molar-refractivity contribution >= 4 is 39.8 Å². The molecule has 2 aromatic carbocycles. The number of amides is 1. The Morgan fingerprint density at radius 3 is 2.71 bits per heavy atom. The minimum Gasteiger partial charge on any atom is -0.494 e. The average molecular weight is 414 g/mol. The first-order valence-corrected chi connectivity index (χ1v) is 10.9. The summed E-state index contributed by atoms with van der Waals surface area (Å²) < 4.78 is 5.46. The van der Waals surface area contributed by atoms with Crippen LogP contribution in [0.4, 0.5) is 10.8 Å². The average Bonchev–Trinajstić information content (AvgIpc) is 3.15. The van der Waals surface area contributed by atoms with Crippen LogP contribution in [0.2, 0.25) is 0 Å². The lowest BCUT2D eigenvalue weighted by molar-refractivity contribution is -0.115. The molecule has 0 radical (unpaired) electrons. The van der Waals surface area contributed by atoms with Crippen molar-refractivity contribution < 1.29 is 9.53 Å². The summed E-state index contributed by atoms with van der Waals surface area (Å²) in [5, 5.41) is 5.27. The maximum absolute atomic E-state index is 12.7. The van der Waals surface area contributed by atoms with Crippen LogP contribution in [0.15, 0.2) is 58.8 Å². The van der Waals surface area contributed by atoms with Gasteiger partial charge in [-0.05, 0) is 55.8 Å². The molecule has 0 aliphatic heterocycles. The third-order valence-electron chi connectivity index (χ3n) is 4.00. The van der Waals surface area contributed by atoms with Gasteiger partial charge in [-0.15, -0.1) is 23.1 Å². The number of thioether (sulfide) groups is 1. The summed E-state index contributed by atoms with van der Waals surface area (Å²) in [6.07, 6.45) is 0.711. The highest BCUT2D eigenvalue weighted by atomic mass is 32.2. The number of hydrogen-bond donors (Lipinski definition) is 2. The summed E-state index contributed by atoms with van der Waals surface area (Å²) >= 11 is 2.93. The van der Waals surface area contributed by atoms with Crippen LogP contribution < -0.4 is 15.8 Å². The number of nitrogens with two attached hydrogens (primary N) is 1. The minimum absolute atomic E-state index is 0.0532. The summed E-state index contributed by atoms with van der Waals surface area (Å²) in [4.78, 5) is 18.2. The molecule has 1 heterocycles. The van der Waals surface area contributed by atoms with Gasteiger partial charge in [0.2, 0.25) is 5.91 Å². The molecule has 0 aliphatic rings. The molecule has 7 heteroatoms. The van der Waals surface area contributed by atoms with Gasteiger partial charge in [0.1, 0.15) is 5.75 Å². The number of nitrogens with zero attached hydrogens (tertiary/aromatic N) is 1. The van der Waals surface area contributed by atoms with Crippen LogP contribution in [0.1, 0.15) is 20.3 Å². The summed E-state index contributed by atoms with van der Waals surface area (Å²) in [6.45, 7) is 4.59. The molecule has 0 bridgehead atoms. The van der Waals surface area contributed by atoms with Crippen molar-refractivity contribution in [3.63, 3.8) is 0 Å². The van der Waals surface area contributed by atoms with Gasteiger partial charge in [-0.2, -0.15) is 0 Å². The second-order valence-electron chi connectivity index (χ2n) is 6.07. The van der Waals surface area contributed by atoms with E-state index in [1.54, 1.807) is 0 Å². The van der Waals surface area contributed by atoms with Gasteiger partial charge in [-0.25, -0.2) is 4.98 Å². The topological polar surface area (TPSA) is 77.2 Å². The monoisotopic (exact) mass is 413 g/mol. The molecule has 1 aromatic heterocycles. The lowest BCUT2D eigenvalue weighted by atomic mass is 10.2. The fraction of sp³-hybridized carbons (Fsp3) is 0.238. The molecule has 1 unspecified atom stereocenters. The molecule has 3 aromatic rings. The Balaban J connectivity index is 1.65. The lowest BCUT2D eigenvalue weighted by Crippen LogP contribution is -2.24. The van der Waals surface area contributed by atoms with Crippen molar-refractivity contribution in [1.29, 1.82) is 0 Å². The van der Waals surface area contributed by atoms with Gasteiger partial charge < -0.3 is 15.8 Å². The molecule has 0 fully saturated rings. The molecule has 3 rings (SSSR count). The van der Waals surface area contributed by atoms with Gasteiger partial charge in [0.25, 0.3) is 0 Å². The highest BCUT2D eigenvalue weighted by Gasteiger charge is 2.19. The number of rotatable bonds is 8. The van der Waals surface area contributed by atoms with Crippen molar-refractivity contribution in [3.8, 4) is 17.0 Å². The number of hydrogen-bond acceptors (Lipinski definition) is 6. The molecule has 5 nitrogen and oxygen atoms in total. The molecular formula is C21H23N3O2S2. The number of carbonyl (C=O) groups is 1. The first kappa shape index (κ1) is 20.2. The fourth-order valence-corrected chi connectivity index (χ4v) is 4.36. The lowest BCUT2D eigenvalue weighted by Gasteiger charge is -2.13. The van der Waals surface area contributed by atoms with Crippen LogP contribution in [-0.4, -0.2) is 22.7 Å². The molecule has 1 amide bonds. The number of nitrogens with one attached hydrogen (secondary N) is 1. The maximum atomic E-state index is 12.7. The Kier molecular flexibility index (Phi) is 6.95. The fourth-order valence-electron chi connectivity index (χ4n) is 2.61. The van der Waals surface area contributed by atoms with Crippen LogP contribution in [-0.2, 0) is 4.79 Å². The quantitative estimate of drug-likeness (QED) is 0.387. The Morgan fingerprint density at radius 2 is 2.04 bits per heavy atom. The van der Waals surface area contributed by atoms with E-state index in [4.69, 9.17) is 10.5 Å². The van der Waals surface area contributed by atoms with Crippen molar-refractivity contribution in [2.24, 2.45) is 0 Å². The summed E-state index contributed by atoms with van der Waals surface area (Å²) in [7, 11) is 0. The second-order valence-corrected chi connectivity index (χ2v) is 8.21. The van der Waals surface area contributed by atoms with Gasteiger partial charge in [0.05, 0.1) is 17.6 Å². The van der Waals surface area contributed by atoms with E-state index >= 15 is 0 Å². The van der Waals surface area contributed by atoms with Crippen LogP contribution in [0.25, 0.3) is 11.3 Å². The molecule has 1 atom stereocenters. The van der Waals surface area contributed by atoms with E-state index in [1.165, 1.54) is 23.1 Å². The van der Waals surface area contributed by atoms with E-state index in [0.717, 1.165) is 21.9 Å². The van der Waals surface area contributed by atoms with E-state index in [1.807, 2.05) is 67.8 Å². The number of benzene rings is 2. The van der Waals surface area contributed by atoms with E-state index in [9.17, 15) is 4.79 Å². The summed E-state index contributed by atoms with van der Waals surface area (Å²) in [6, 6.07) is 15.4. The number of aromatic nitrogens is 1. The predicted molar refractivity (Wildman–Crippen MR) is 118 cm³/mol. The van der Waals surface area contributed by atoms with Gasteiger partial charge in [-0.1, -0.05) is 13.0 Å². The highest BCUT2D eigenvalue weighted by molar-refractivity contribution is 8.00. The smallest absolute Gasteiger partial charge is 0.239 e. The van der Waals surface area contributed by atoms with Crippen LogP contribution in [0, 0.1) is 0 Å². The van der Waals surface area contributed by atoms with Crippen molar-refractivity contribution in [3.05, 3.63) is 53.9 Å². The van der Waals surface area contributed by atoms with Crippen molar-refractivity contribution in [2.75, 3.05) is 17.7 Å². The summed E-state index contributed by atoms with van der Waals surface area (Å²) in [5.41, 5.74) is 8.34. The first-order valence-electron chi connectivity index (χ1n) is 9.11. The molecule has 146 valence electrons.